The zero-order valence-electron chi connectivity index (χ0n) is 11.9. The Morgan fingerprint density at radius 2 is 2.14 bits per heavy atom. The van der Waals surface area contributed by atoms with Crippen molar-refractivity contribution >= 4 is 5.97 Å². The number of hydrogen-bond donors (Lipinski definition) is 1. The van der Waals surface area contributed by atoms with Crippen LogP contribution in [0.3, 0.4) is 0 Å². The Labute approximate surface area is 126 Å². The molecule has 1 aromatic carbocycles. The molecule has 6 heteroatoms. The summed E-state index contributed by atoms with van der Waals surface area (Å²) in [6.45, 7) is -0.00374. The minimum atomic E-state index is -1.01. The van der Waals surface area contributed by atoms with Crippen LogP contribution in [0.15, 0.2) is 41.2 Å². The van der Waals surface area contributed by atoms with Crippen molar-refractivity contribution in [2.24, 2.45) is 0 Å². The SMILES string of the molecule is COc1cccc(-c2ccc(C#N)c(=O)n2CCC(=O)O)c1. The summed E-state index contributed by atoms with van der Waals surface area (Å²) in [5.41, 5.74) is 0.747. The first-order chi connectivity index (χ1) is 10.6. The second kappa shape index (κ2) is 6.59. The third kappa shape index (κ3) is 3.15. The Bertz CT molecular complexity index is 803. The predicted molar refractivity (Wildman–Crippen MR) is 79.7 cm³/mol. The van der Waals surface area contributed by atoms with Crippen LogP contribution in [0.4, 0.5) is 0 Å². The predicted octanol–water partition coefficient (Wildman–Crippen LogP) is 1.87. The highest BCUT2D eigenvalue weighted by Crippen LogP contribution is 2.23. The molecule has 6 nitrogen and oxygen atoms in total. The quantitative estimate of drug-likeness (QED) is 0.909. The molecular weight excluding hydrogens is 284 g/mol. The van der Waals surface area contributed by atoms with E-state index in [1.54, 1.807) is 30.3 Å². The van der Waals surface area contributed by atoms with Gasteiger partial charge in [0.05, 0.1) is 19.2 Å². The van der Waals surface area contributed by atoms with Crippen LogP contribution in [0.1, 0.15) is 12.0 Å². The van der Waals surface area contributed by atoms with Gasteiger partial charge in [-0.25, -0.2) is 0 Å². The molecule has 0 fully saturated rings. The highest BCUT2D eigenvalue weighted by Gasteiger charge is 2.12. The molecule has 1 heterocycles. The molecule has 0 saturated heterocycles. The summed E-state index contributed by atoms with van der Waals surface area (Å²) in [5, 5.41) is 17.8. The maximum atomic E-state index is 12.3. The van der Waals surface area contributed by atoms with Crippen LogP contribution in [0, 0.1) is 11.3 Å². The first-order valence-corrected chi connectivity index (χ1v) is 6.57. The Kier molecular flexibility index (Phi) is 4.59. The van der Waals surface area contributed by atoms with Gasteiger partial charge in [0.25, 0.3) is 5.56 Å². The monoisotopic (exact) mass is 298 g/mol. The zero-order valence-corrected chi connectivity index (χ0v) is 11.9. The number of carbonyl (C=O) groups is 1. The summed E-state index contributed by atoms with van der Waals surface area (Å²) in [5.74, 6) is -0.384. The molecule has 22 heavy (non-hydrogen) atoms. The van der Waals surface area contributed by atoms with Crippen molar-refractivity contribution in [2.75, 3.05) is 7.11 Å². The lowest BCUT2D eigenvalue weighted by atomic mass is 10.1. The third-order valence-corrected chi connectivity index (χ3v) is 3.21. The van der Waals surface area contributed by atoms with E-state index in [1.807, 2.05) is 6.07 Å². The summed E-state index contributed by atoms with van der Waals surface area (Å²) in [6.07, 6.45) is -0.203. The minimum absolute atomic E-state index is 0.00374. The average molecular weight is 298 g/mol. The molecule has 0 bridgehead atoms. The van der Waals surface area contributed by atoms with E-state index in [0.717, 1.165) is 0 Å². The molecule has 0 aliphatic carbocycles. The van der Waals surface area contributed by atoms with E-state index in [4.69, 9.17) is 15.1 Å². The van der Waals surface area contributed by atoms with E-state index >= 15 is 0 Å². The van der Waals surface area contributed by atoms with Gasteiger partial charge >= 0.3 is 5.97 Å². The van der Waals surface area contributed by atoms with Crippen LogP contribution < -0.4 is 10.3 Å². The number of pyridine rings is 1. The van der Waals surface area contributed by atoms with Crippen molar-refractivity contribution in [3.8, 4) is 23.1 Å². The maximum absolute atomic E-state index is 12.3. The number of carboxylic acid groups (broad SMARTS) is 1. The molecule has 1 aromatic heterocycles. The van der Waals surface area contributed by atoms with Gasteiger partial charge in [-0.2, -0.15) is 5.26 Å². The van der Waals surface area contributed by atoms with E-state index in [0.29, 0.717) is 17.0 Å². The molecule has 0 amide bonds. The summed E-state index contributed by atoms with van der Waals surface area (Å²) < 4.78 is 6.46. The van der Waals surface area contributed by atoms with Crippen LogP contribution in [0.25, 0.3) is 11.3 Å². The molecule has 0 unspecified atom stereocenters. The van der Waals surface area contributed by atoms with E-state index in [9.17, 15) is 9.59 Å². The van der Waals surface area contributed by atoms with Crippen LogP contribution >= 0.6 is 0 Å². The number of ether oxygens (including phenoxy) is 1. The lowest BCUT2D eigenvalue weighted by molar-refractivity contribution is -0.137. The van der Waals surface area contributed by atoms with Crippen molar-refractivity contribution in [2.45, 2.75) is 13.0 Å². The van der Waals surface area contributed by atoms with Gasteiger partial charge in [-0.3, -0.25) is 9.59 Å². The number of rotatable bonds is 5. The second-order valence-corrected chi connectivity index (χ2v) is 4.58. The summed E-state index contributed by atoms with van der Waals surface area (Å²) in [6, 6.07) is 12.0. The molecule has 0 saturated carbocycles. The lowest BCUT2D eigenvalue weighted by Crippen LogP contribution is -2.25. The highest BCUT2D eigenvalue weighted by molar-refractivity contribution is 5.67. The first-order valence-electron chi connectivity index (χ1n) is 6.57. The van der Waals surface area contributed by atoms with Gasteiger partial charge in [0.15, 0.2) is 0 Å². The number of benzene rings is 1. The standard InChI is InChI=1S/C16H14N2O4/c1-22-13-4-2-3-11(9-13)14-6-5-12(10-17)16(21)18(14)8-7-15(19)20/h2-6,9H,7-8H2,1H3,(H,19,20). The van der Waals surface area contributed by atoms with Gasteiger partial charge < -0.3 is 14.4 Å². The third-order valence-electron chi connectivity index (χ3n) is 3.21. The van der Waals surface area contributed by atoms with E-state index in [1.165, 1.54) is 17.7 Å². The fourth-order valence-corrected chi connectivity index (χ4v) is 2.13. The Morgan fingerprint density at radius 1 is 1.36 bits per heavy atom. The molecule has 0 radical (unpaired) electrons. The van der Waals surface area contributed by atoms with Crippen LogP contribution in [0.2, 0.25) is 0 Å². The molecule has 0 atom stereocenters. The van der Waals surface area contributed by atoms with Crippen molar-refractivity contribution in [3.05, 3.63) is 52.3 Å². The van der Waals surface area contributed by atoms with Gasteiger partial charge in [-0.1, -0.05) is 12.1 Å². The van der Waals surface area contributed by atoms with Crippen LogP contribution in [-0.4, -0.2) is 22.8 Å². The molecule has 2 aromatic rings. The Hall–Kier alpha value is -3.07. The first kappa shape index (κ1) is 15.3. The number of aromatic nitrogens is 1. The zero-order chi connectivity index (χ0) is 16.1. The van der Waals surface area contributed by atoms with Crippen molar-refractivity contribution in [1.82, 2.24) is 4.57 Å². The van der Waals surface area contributed by atoms with Crippen LogP contribution in [-0.2, 0) is 11.3 Å². The van der Waals surface area contributed by atoms with Crippen molar-refractivity contribution in [1.29, 1.82) is 5.26 Å². The number of methoxy groups -OCH3 is 1. The number of carboxylic acids is 1. The van der Waals surface area contributed by atoms with Gasteiger partial charge in [0, 0.05) is 12.1 Å². The van der Waals surface area contributed by atoms with Gasteiger partial charge in [-0.15, -0.1) is 0 Å². The molecule has 0 aliphatic rings. The molecule has 2 rings (SSSR count). The molecular formula is C16H14N2O4. The highest BCUT2D eigenvalue weighted by atomic mass is 16.5. The average Bonchev–Trinajstić information content (AvgIpc) is 2.53. The number of aliphatic carboxylic acids is 1. The van der Waals surface area contributed by atoms with Gasteiger partial charge in [0.2, 0.25) is 0 Å². The number of nitrogens with zero attached hydrogens (tertiary/aromatic N) is 2. The minimum Gasteiger partial charge on any atom is -0.497 e. The molecule has 0 spiro atoms. The van der Waals surface area contributed by atoms with Crippen LogP contribution in [0.5, 0.6) is 5.75 Å². The topological polar surface area (TPSA) is 92.3 Å². The molecule has 0 aliphatic heterocycles. The lowest BCUT2D eigenvalue weighted by Gasteiger charge is -2.13. The molecule has 112 valence electrons. The van der Waals surface area contributed by atoms with E-state index < -0.39 is 11.5 Å². The largest absolute Gasteiger partial charge is 0.497 e. The van der Waals surface area contributed by atoms with Gasteiger partial charge in [-0.05, 0) is 24.3 Å². The fourth-order valence-electron chi connectivity index (χ4n) is 2.13. The fraction of sp³-hybridized carbons (Fsp3) is 0.188. The normalized spacial score (nSPS) is 10.0. The number of hydrogen-bond acceptors (Lipinski definition) is 4. The van der Waals surface area contributed by atoms with E-state index in [2.05, 4.69) is 0 Å². The Morgan fingerprint density at radius 3 is 2.77 bits per heavy atom. The summed E-state index contributed by atoms with van der Waals surface area (Å²) >= 11 is 0. The Balaban J connectivity index is 2.59. The van der Waals surface area contributed by atoms with Crippen molar-refractivity contribution < 1.29 is 14.6 Å². The summed E-state index contributed by atoms with van der Waals surface area (Å²) in [7, 11) is 1.54. The smallest absolute Gasteiger partial charge is 0.305 e. The number of nitriles is 1. The second-order valence-electron chi connectivity index (χ2n) is 4.58. The van der Waals surface area contributed by atoms with Gasteiger partial charge in [0.1, 0.15) is 17.4 Å². The van der Waals surface area contributed by atoms with Crippen molar-refractivity contribution in [3.63, 3.8) is 0 Å². The maximum Gasteiger partial charge on any atom is 0.305 e. The molecule has 1 N–H and O–H groups in total. The summed E-state index contributed by atoms with van der Waals surface area (Å²) in [4.78, 5) is 23.1. The van der Waals surface area contributed by atoms with E-state index in [-0.39, 0.29) is 18.5 Å².